The molecule has 3 aromatic rings. The third-order valence-electron chi connectivity index (χ3n) is 4.98. The van der Waals surface area contributed by atoms with E-state index in [2.05, 4.69) is 10.6 Å². The minimum Gasteiger partial charge on any atom is -0.457 e. The van der Waals surface area contributed by atoms with Crippen LogP contribution in [0.25, 0.3) is 0 Å². The van der Waals surface area contributed by atoms with E-state index >= 15 is 0 Å². The van der Waals surface area contributed by atoms with Crippen LogP contribution in [0.3, 0.4) is 0 Å². The number of carbonyl (C=O) groups is 3. The van der Waals surface area contributed by atoms with Gasteiger partial charge in [0.25, 0.3) is 5.91 Å². The smallest absolute Gasteiger partial charge is 0.261 e. The zero-order valence-electron chi connectivity index (χ0n) is 17.5. The van der Waals surface area contributed by atoms with Crippen molar-refractivity contribution in [2.75, 3.05) is 11.4 Å². The van der Waals surface area contributed by atoms with Crippen molar-refractivity contribution < 1.29 is 19.1 Å². The fourth-order valence-corrected chi connectivity index (χ4v) is 4.29. The van der Waals surface area contributed by atoms with Gasteiger partial charge < -0.3 is 20.3 Å². The number of amides is 3. The third-order valence-corrected chi connectivity index (χ3v) is 6.07. The lowest BCUT2D eigenvalue weighted by Gasteiger charge is -2.17. The Labute approximate surface area is 190 Å². The number of thiophene rings is 1. The number of rotatable bonds is 7. The Morgan fingerprint density at radius 3 is 2.47 bits per heavy atom. The molecule has 1 aliphatic heterocycles. The van der Waals surface area contributed by atoms with Crippen molar-refractivity contribution >= 4 is 34.7 Å². The summed E-state index contributed by atoms with van der Waals surface area (Å²) in [5, 5.41) is 5.66. The van der Waals surface area contributed by atoms with Crippen LogP contribution in [0.5, 0.6) is 11.5 Å². The van der Waals surface area contributed by atoms with Crippen molar-refractivity contribution in [3.8, 4) is 11.5 Å². The van der Waals surface area contributed by atoms with Crippen LogP contribution in [0.4, 0.5) is 5.69 Å². The average Bonchev–Trinajstić information content (AvgIpc) is 3.40. The molecule has 2 heterocycles. The highest BCUT2D eigenvalue weighted by molar-refractivity contribution is 7.14. The molecule has 0 aliphatic carbocycles. The first-order chi connectivity index (χ1) is 15.5. The normalized spacial score (nSPS) is 15.5. The van der Waals surface area contributed by atoms with Crippen molar-refractivity contribution in [3.63, 3.8) is 0 Å². The highest BCUT2D eigenvalue weighted by Gasteiger charge is 2.32. The summed E-state index contributed by atoms with van der Waals surface area (Å²) in [6.45, 7) is 2.26. The highest BCUT2D eigenvalue weighted by Crippen LogP contribution is 2.27. The molecule has 1 unspecified atom stereocenters. The largest absolute Gasteiger partial charge is 0.457 e. The molecule has 164 valence electrons. The van der Waals surface area contributed by atoms with Gasteiger partial charge >= 0.3 is 0 Å². The summed E-state index contributed by atoms with van der Waals surface area (Å²) < 4.78 is 5.80. The average molecular weight is 450 g/mol. The third kappa shape index (κ3) is 5.33. The number of para-hydroxylation sites is 1. The lowest BCUT2D eigenvalue weighted by Crippen LogP contribution is -2.36. The van der Waals surface area contributed by atoms with E-state index < -0.39 is 0 Å². The molecule has 1 aliphatic rings. The van der Waals surface area contributed by atoms with Crippen molar-refractivity contribution in [2.45, 2.75) is 25.9 Å². The molecule has 1 atom stereocenters. The van der Waals surface area contributed by atoms with E-state index in [4.69, 9.17) is 4.74 Å². The summed E-state index contributed by atoms with van der Waals surface area (Å²) in [4.78, 5) is 39.3. The molecule has 1 fully saturated rings. The molecular weight excluding hydrogens is 426 g/mol. The molecule has 4 rings (SSSR count). The molecule has 8 heteroatoms. The molecule has 0 bridgehead atoms. The number of hydrogen-bond donors (Lipinski definition) is 2. The number of nitrogens with zero attached hydrogens (tertiary/aromatic N) is 1. The maximum atomic E-state index is 12.6. The first kappa shape index (κ1) is 21.6. The zero-order chi connectivity index (χ0) is 22.5. The summed E-state index contributed by atoms with van der Waals surface area (Å²) in [7, 11) is 0. The fraction of sp³-hybridized carbons (Fsp3) is 0.208. The van der Waals surface area contributed by atoms with Gasteiger partial charge in [0.05, 0.1) is 17.5 Å². The first-order valence-corrected chi connectivity index (χ1v) is 11.1. The molecule has 1 saturated heterocycles. The van der Waals surface area contributed by atoms with Crippen LogP contribution in [0.2, 0.25) is 0 Å². The molecule has 7 nitrogen and oxygen atoms in total. The topological polar surface area (TPSA) is 87.7 Å². The molecule has 3 amide bonds. The van der Waals surface area contributed by atoms with Crippen LogP contribution in [-0.4, -0.2) is 30.3 Å². The lowest BCUT2D eigenvalue weighted by atomic mass is 10.2. The Bertz CT molecular complexity index is 1110. The first-order valence-electron chi connectivity index (χ1n) is 10.3. The van der Waals surface area contributed by atoms with Gasteiger partial charge in [0, 0.05) is 30.5 Å². The van der Waals surface area contributed by atoms with Gasteiger partial charge in [-0.25, -0.2) is 0 Å². The summed E-state index contributed by atoms with van der Waals surface area (Å²) >= 11 is 1.33. The monoisotopic (exact) mass is 449 g/mol. The van der Waals surface area contributed by atoms with Crippen LogP contribution < -0.4 is 20.3 Å². The maximum absolute atomic E-state index is 12.6. The van der Waals surface area contributed by atoms with E-state index in [-0.39, 0.29) is 30.2 Å². The van der Waals surface area contributed by atoms with Gasteiger partial charge in [0.15, 0.2) is 0 Å². The molecule has 2 aromatic carbocycles. The second kappa shape index (κ2) is 9.65. The quantitative estimate of drug-likeness (QED) is 0.576. The van der Waals surface area contributed by atoms with E-state index in [9.17, 15) is 14.4 Å². The van der Waals surface area contributed by atoms with Crippen LogP contribution in [0, 0.1) is 0 Å². The predicted octanol–water partition coefficient (Wildman–Crippen LogP) is 3.71. The maximum Gasteiger partial charge on any atom is 0.261 e. The van der Waals surface area contributed by atoms with Gasteiger partial charge in [-0.3, -0.25) is 14.4 Å². The van der Waals surface area contributed by atoms with Gasteiger partial charge in [-0.2, -0.15) is 0 Å². The van der Waals surface area contributed by atoms with Crippen LogP contribution >= 0.6 is 11.3 Å². The minimum atomic E-state index is -0.267. The van der Waals surface area contributed by atoms with Crippen molar-refractivity contribution in [1.82, 2.24) is 10.6 Å². The van der Waals surface area contributed by atoms with Gasteiger partial charge in [-0.05, 0) is 48.5 Å². The van der Waals surface area contributed by atoms with E-state index in [1.807, 2.05) is 60.7 Å². The molecule has 0 radical (unpaired) electrons. The van der Waals surface area contributed by atoms with Gasteiger partial charge in [-0.1, -0.05) is 18.2 Å². The van der Waals surface area contributed by atoms with E-state index in [1.54, 1.807) is 11.0 Å². The van der Waals surface area contributed by atoms with E-state index in [0.717, 1.165) is 16.3 Å². The predicted molar refractivity (Wildman–Crippen MR) is 123 cm³/mol. The minimum absolute atomic E-state index is 0.0374. The fourth-order valence-electron chi connectivity index (χ4n) is 3.44. The Kier molecular flexibility index (Phi) is 6.51. The Balaban J connectivity index is 1.34. The molecule has 32 heavy (non-hydrogen) atoms. The number of ether oxygens (including phenoxy) is 1. The van der Waals surface area contributed by atoms with Crippen molar-refractivity contribution in [1.29, 1.82) is 0 Å². The molecule has 2 N–H and O–H groups in total. The molecule has 0 spiro atoms. The lowest BCUT2D eigenvalue weighted by molar-refractivity contribution is -0.119. The van der Waals surface area contributed by atoms with E-state index in [1.165, 1.54) is 18.3 Å². The number of hydrogen-bond acceptors (Lipinski definition) is 5. The zero-order valence-corrected chi connectivity index (χ0v) is 18.4. The van der Waals surface area contributed by atoms with Crippen molar-refractivity contribution in [2.24, 2.45) is 0 Å². The number of benzene rings is 2. The standard InChI is InChI=1S/C24H23N3O4S/c1-16(28)25-14-21-11-12-22(32-21)24(30)26-17-13-23(29)27(15-17)18-7-9-20(10-8-18)31-19-5-3-2-4-6-19/h2-12,17H,13-15H2,1H3,(H,25,28)(H,26,30). The van der Waals surface area contributed by atoms with Crippen LogP contribution in [0.1, 0.15) is 27.9 Å². The highest BCUT2D eigenvalue weighted by atomic mass is 32.1. The van der Waals surface area contributed by atoms with Crippen LogP contribution in [-0.2, 0) is 16.1 Å². The SMILES string of the molecule is CC(=O)NCc1ccc(C(=O)NC2CC(=O)N(c3ccc(Oc4ccccc4)cc3)C2)s1. The van der Waals surface area contributed by atoms with Gasteiger partial charge in [-0.15, -0.1) is 11.3 Å². The Morgan fingerprint density at radius 1 is 1.03 bits per heavy atom. The van der Waals surface area contributed by atoms with Crippen molar-refractivity contribution in [3.05, 3.63) is 76.5 Å². The number of nitrogens with one attached hydrogen (secondary N) is 2. The summed E-state index contributed by atoms with van der Waals surface area (Å²) in [6.07, 6.45) is 0.248. The molecule has 0 saturated carbocycles. The molecule has 1 aromatic heterocycles. The number of anilines is 1. The van der Waals surface area contributed by atoms with Gasteiger partial charge in [0.1, 0.15) is 11.5 Å². The summed E-state index contributed by atoms with van der Waals surface area (Å²) in [6, 6.07) is 20.1. The number of carbonyl (C=O) groups excluding carboxylic acids is 3. The molecular formula is C24H23N3O4S. The summed E-state index contributed by atoms with van der Waals surface area (Å²) in [5.74, 6) is 1.06. The second-order valence-corrected chi connectivity index (χ2v) is 8.63. The Morgan fingerprint density at radius 2 is 1.75 bits per heavy atom. The van der Waals surface area contributed by atoms with Gasteiger partial charge in [0.2, 0.25) is 11.8 Å². The summed E-state index contributed by atoms with van der Waals surface area (Å²) in [5.41, 5.74) is 0.765. The van der Waals surface area contributed by atoms with Crippen LogP contribution in [0.15, 0.2) is 66.7 Å². The Hall–Kier alpha value is -3.65. The van der Waals surface area contributed by atoms with E-state index in [0.29, 0.717) is 23.7 Å². The second-order valence-electron chi connectivity index (χ2n) is 7.46.